The van der Waals surface area contributed by atoms with Gasteiger partial charge in [-0.15, -0.1) is 0 Å². The van der Waals surface area contributed by atoms with Crippen LogP contribution in [0, 0.1) is 0 Å². The first-order valence-electron chi connectivity index (χ1n) is 16.2. The summed E-state index contributed by atoms with van der Waals surface area (Å²) in [6.07, 6.45) is -0.177. The molecule has 0 bridgehead atoms. The van der Waals surface area contributed by atoms with Crippen molar-refractivity contribution in [1.82, 2.24) is 10.2 Å². The molecule has 1 fully saturated rings. The van der Waals surface area contributed by atoms with Crippen LogP contribution >= 0.6 is 23.2 Å². The lowest BCUT2D eigenvalue weighted by molar-refractivity contribution is -0.140. The Balaban J connectivity index is 1.60. The highest BCUT2D eigenvalue weighted by Gasteiger charge is 2.37. The van der Waals surface area contributed by atoms with E-state index < -0.39 is 46.2 Å². The van der Waals surface area contributed by atoms with E-state index in [0.29, 0.717) is 15.9 Å². The highest BCUT2D eigenvalue weighted by molar-refractivity contribution is 7.92. The molecule has 0 spiro atoms. The molecule has 0 unspecified atom stereocenters. The van der Waals surface area contributed by atoms with Gasteiger partial charge in [0.15, 0.2) is 0 Å². The van der Waals surface area contributed by atoms with Crippen LogP contribution in [-0.4, -0.2) is 43.8 Å². The summed E-state index contributed by atoms with van der Waals surface area (Å²) >= 11 is 12.5. The second-order valence-corrected chi connectivity index (χ2v) is 14.9. The number of carbonyl (C=O) groups is 2. The molecule has 0 saturated heterocycles. The van der Waals surface area contributed by atoms with Crippen molar-refractivity contribution < 1.29 is 31.2 Å². The fourth-order valence-corrected chi connectivity index (χ4v) is 7.77. The molecular formula is C37H36Cl2F3N3O4S. The molecule has 4 aromatic rings. The van der Waals surface area contributed by atoms with E-state index in [1.165, 1.54) is 35.2 Å². The van der Waals surface area contributed by atoms with Crippen LogP contribution in [0.15, 0.2) is 108 Å². The molecule has 50 heavy (non-hydrogen) atoms. The standard InChI is InChI=1S/C37H36Cl2F3N3O4S/c38-32-20-19-27(21-33(32)39)24-44(34(22-26-11-4-1-5-12-26)36(47)43-29-14-6-2-7-15-29)35(46)25-45(50(48,49)31-17-8-3-9-18-31)30-16-10-13-28(23-30)37(40,41)42/h1,3-5,8-13,16-21,23,29,34H,2,6-7,14-15,22,24-25H2,(H,43,47)/t34-/m1/s1. The second kappa shape index (κ2) is 16.3. The number of rotatable bonds is 12. The molecule has 13 heteroatoms. The molecule has 4 aromatic carbocycles. The Morgan fingerprint density at radius 1 is 0.800 bits per heavy atom. The Kier molecular flexibility index (Phi) is 12.1. The summed E-state index contributed by atoms with van der Waals surface area (Å²) in [5.74, 6) is -1.24. The fourth-order valence-electron chi connectivity index (χ4n) is 6.02. The maximum absolute atomic E-state index is 14.6. The lowest BCUT2D eigenvalue weighted by Gasteiger charge is -2.35. The van der Waals surface area contributed by atoms with Gasteiger partial charge >= 0.3 is 6.18 Å². The minimum Gasteiger partial charge on any atom is -0.352 e. The van der Waals surface area contributed by atoms with E-state index in [2.05, 4.69) is 5.32 Å². The van der Waals surface area contributed by atoms with Gasteiger partial charge in [-0.2, -0.15) is 13.2 Å². The topological polar surface area (TPSA) is 86.8 Å². The van der Waals surface area contributed by atoms with Gasteiger partial charge in [-0.05, 0) is 66.4 Å². The predicted molar refractivity (Wildman–Crippen MR) is 188 cm³/mol. The number of benzene rings is 4. The Bertz CT molecular complexity index is 1890. The van der Waals surface area contributed by atoms with E-state index in [9.17, 15) is 31.2 Å². The summed E-state index contributed by atoms with van der Waals surface area (Å²) in [5.41, 5.74) is -0.197. The van der Waals surface area contributed by atoms with Crippen LogP contribution in [-0.2, 0) is 38.8 Å². The van der Waals surface area contributed by atoms with Gasteiger partial charge in [0, 0.05) is 19.0 Å². The third-order valence-electron chi connectivity index (χ3n) is 8.63. The van der Waals surface area contributed by atoms with Crippen molar-refractivity contribution in [2.24, 2.45) is 0 Å². The Labute approximate surface area is 300 Å². The quantitative estimate of drug-likeness (QED) is 0.158. The van der Waals surface area contributed by atoms with Gasteiger partial charge in [-0.25, -0.2) is 8.42 Å². The lowest BCUT2D eigenvalue weighted by Crippen LogP contribution is -2.55. The van der Waals surface area contributed by atoms with Crippen LogP contribution in [0.4, 0.5) is 18.9 Å². The Hall–Kier alpha value is -4.06. The van der Waals surface area contributed by atoms with Crippen LogP contribution in [0.2, 0.25) is 10.0 Å². The number of nitrogens with zero attached hydrogens (tertiary/aromatic N) is 2. The van der Waals surface area contributed by atoms with Crippen molar-refractivity contribution in [3.8, 4) is 0 Å². The first-order chi connectivity index (χ1) is 23.8. The number of alkyl halides is 3. The van der Waals surface area contributed by atoms with Crippen LogP contribution in [0.1, 0.15) is 48.8 Å². The maximum atomic E-state index is 14.6. The number of nitrogens with one attached hydrogen (secondary N) is 1. The first-order valence-corrected chi connectivity index (χ1v) is 18.4. The normalized spacial score (nSPS) is 14.5. The molecule has 0 aromatic heterocycles. The lowest BCUT2D eigenvalue weighted by atomic mass is 9.94. The van der Waals surface area contributed by atoms with Crippen molar-refractivity contribution in [1.29, 1.82) is 0 Å². The maximum Gasteiger partial charge on any atom is 0.416 e. The number of sulfonamides is 1. The molecule has 5 rings (SSSR count). The van der Waals surface area contributed by atoms with E-state index in [4.69, 9.17) is 23.2 Å². The zero-order valence-electron chi connectivity index (χ0n) is 27.0. The van der Waals surface area contributed by atoms with Gasteiger partial charge in [0.1, 0.15) is 12.6 Å². The molecule has 0 aliphatic heterocycles. The SMILES string of the molecule is O=C(NC1CCCCC1)[C@@H](Cc1ccccc1)N(Cc1ccc(Cl)c(Cl)c1)C(=O)CN(c1cccc(C(F)(F)F)c1)S(=O)(=O)c1ccccc1. The van der Waals surface area contributed by atoms with Gasteiger partial charge in [-0.3, -0.25) is 13.9 Å². The number of anilines is 1. The highest BCUT2D eigenvalue weighted by atomic mass is 35.5. The van der Waals surface area contributed by atoms with Crippen LogP contribution < -0.4 is 9.62 Å². The molecule has 1 aliphatic rings. The zero-order valence-corrected chi connectivity index (χ0v) is 29.3. The van der Waals surface area contributed by atoms with Crippen molar-refractivity contribution in [3.63, 3.8) is 0 Å². The second-order valence-electron chi connectivity index (χ2n) is 12.2. The molecule has 1 saturated carbocycles. The van der Waals surface area contributed by atoms with Gasteiger partial charge in [0.05, 0.1) is 26.2 Å². The molecule has 1 atom stereocenters. The summed E-state index contributed by atoms with van der Waals surface area (Å²) in [4.78, 5) is 29.9. The van der Waals surface area contributed by atoms with Gasteiger partial charge in [0.2, 0.25) is 11.8 Å². The van der Waals surface area contributed by atoms with Gasteiger partial charge in [0.25, 0.3) is 10.0 Å². The molecule has 1 N–H and O–H groups in total. The monoisotopic (exact) mass is 745 g/mol. The minimum absolute atomic E-state index is 0.0848. The molecule has 0 heterocycles. The minimum atomic E-state index is -4.78. The molecule has 7 nitrogen and oxygen atoms in total. The zero-order chi connectivity index (χ0) is 35.9. The van der Waals surface area contributed by atoms with E-state index >= 15 is 0 Å². The summed E-state index contributed by atoms with van der Waals surface area (Å²) in [5, 5.41) is 3.59. The number of hydrogen-bond donors (Lipinski definition) is 1. The van der Waals surface area contributed by atoms with Crippen molar-refractivity contribution >= 4 is 50.7 Å². The van der Waals surface area contributed by atoms with E-state index in [1.807, 2.05) is 18.2 Å². The average molecular weight is 747 g/mol. The number of halogens is 5. The van der Waals surface area contributed by atoms with Crippen LogP contribution in [0.25, 0.3) is 0 Å². The third-order valence-corrected chi connectivity index (χ3v) is 11.2. The van der Waals surface area contributed by atoms with E-state index in [0.717, 1.165) is 49.8 Å². The summed E-state index contributed by atoms with van der Waals surface area (Å²) < 4.78 is 70.4. The average Bonchev–Trinajstić information content (AvgIpc) is 3.11. The van der Waals surface area contributed by atoms with Crippen LogP contribution in [0.5, 0.6) is 0 Å². The first kappa shape index (κ1) is 37.2. The Morgan fingerprint density at radius 3 is 2.10 bits per heavy atom. The number of carbonyl (C=O) groups excluding carboxylic acids is 2. The molecular weight excluding hydrogens is 710 g/mol. The molecule has 264 valence electrons. The van der Waals surface area contributed by atoms with Crippen molar-refractivity contribution in [2.45, 2.75) is 68.2 Å². The molecule has 0 radical (unpaired) electrons. The van der Waals surface area contributed by atoms with E-state index in [1.54, 1.807) is 36.4 Å². The van der Waals surface area contributed by atoms with Crippen molar-refractivity contribution in [3.05, 3.63) is 130 Å². The van der Waals surface area contributed by atoms with Crippen molar-refractivity contribution in [2.75, 3.05) is 10.8 Å². The summed E-state index contributed by atoms with van der Waals surface area (Å²) in [6, 6.07) is 23.5. The number of hydrogen-bond acceptors (Lipinski definition) is 4. The largest absolute Gasteiger partial charge is 0.416 e. The smallest absolute Gasteiger partial charge is 0.352 e. The Morgan fingerprint density at radius 2 is 1.46 bits per heavy atom. The van der Waals surface area contributed by atoms with Crippen LogP contribution in [0.3, 0.4) is 0 Å². The summed E-state index contributed by atoms with van der Waals surface area (Å²) in [6.45, 7) is -1.07. The third kappa shape index (κ3) is 9.38. The van der Waals surface area contributed by atoms with Gasteiger partial charge < -0.3 is 10.2 Å². The fraction of sp³-hybridized carbons (Fsp3) is 0.297. The van der Waals surface area contributed by atoms with Gasteiger partial charge in [-0.1, -0.05) is 103 Å². The highest BCUT2D eigenvalue weighted by Crippen LogP contribution is 2.34. The summed E-state index contributed by atoms with van der Waals surface area (Å²) in [7, 11) is -4.58. The molecule has 2 amide bonds. The number of amides is 2. The van der Waals surface area contributed by atoms with E-state index in [-0.39, 0.29) is 39.6 Å². The predicted octanol–water partition coefficient (Wildman–Crippen LogP) is 8.30. The molecule has 1 aliphatic carbocycles.